The van der Waals surface area contributed by atoms with Crippen LogP contribution in [0.25, 0.3) is 0 Å². The highest BCUT2D eigenvalue weighted by atomic mass is 32.1. The molecular weight excluding hydrogens is 358 g/mol. The molecule has 0 aliphatic heterocycles. The minimum Gasteiger partial charge on any atom is -0.352 e. The monoisotopic (exact) mass is 378 g/mol. The lowest BCUT2D eigenvalue weighted by molar-refractivity contribution is -0.132. The molecule has 1 saturated carbocycles. The topological polar surface area (TPSA) is 49.4 Å². The summed E-state index contributed by atoms with van der Waals surface area (Å²) in [7, 11) is 0. The quantitative estimate of drug-likeness (QED) is 0.712. The fourth-order valence-electron chi connectivity index (χ4n) is 2.73. The van der Waals surface area contributed by atoms with Crippen molar-refractivity contribution in [3.63, 3.8) is 0 Å². The van der Waals surface area contributed by atoms with Gasteiger partial charge in [-0.05, 0) is 42.8 Å². The number of thiophene rings is 1. The maximum Gasteiger partial charge on any atom is 0.254 e. The van der Waals surface area contributed by atoms with Crippen LogP contribution in [0.1, 0.15) is 40.9 Å². The number of carbonyl (C=O) groups excluding carboxylic acids is 2. The number of halogens is 2. The van der Waals surface area contributed by atoms with Gasteiger partial charge >= 0.3 is 0 Å². The highest BCUT2D eigenvalue weighted by Crippen LogP contribution is 2.29. The van der Waals surface area contributed by atoms with E-state index in [0.29, 0.717) is 31.5 Å². The van der Waals surface area contributed by atoms with Crippen molar-refractivity contribution in [3.8, 4) is 0 Å². The number of hydrogen-bond donors (Lipinski definition) is 1. The van der Waals surface area contributed by atoms with Gasteiger partial charge in [-0.2, -0.15) is 0 Å². The lowest BCUT2D eigenvalue weighted by Crippen LogP contribution is -2.33. The Bertz CT molecular complexity index is 776. The number of rotatable bonds is 8. The summed E-state index contributed by atoms with van der Waals surface area (Å²) >= 11 is 1.63. The summed E-state index contributed by atoms with van der Waals surface area (Å²) in [5, 5.41) is 4.57. The first-order valence-electron chi connectivity index (χ1n) is 8.59. The van der Waals surface area contributed by atoms with Crippen LogP contribution in [-0.2, 0) is 11.3 Å². The highest BCUT2D eigenvalue weighted by molar-refractivity contribution is 7.09. The zero-order chi connectivity index (χ0) is 18.5. The maximum absolute atomic E-state index is 13.6. The van der Waals surface area contributed by atoms with Gasteiger partial charge in [0.2, 0.25) is 5.91 Å². The van der Waals surface area contributed by atoms with Crippen molar-refractivity contribution in [2.24, 2.45) is 0 Å². The smallest absolute Gasteiger partial charge is 0.254 e. The van der Waals surface area contributed by atoms with Crippen LogP contribution in [0.15, 0.2) is 35.7 Å². The minimum absolute atomic E-state index is 0.0723. The molecule has 3 rings (SSSR count). The molecule has 26 heavy (non-hydrogen) atoms. The van der Waals surface area contributed by atoms with Crippen LogP contribution in [0.2, 0.25) is 0 Å². The first kappa shape index (κ1) is 18.5. The molecule has 1 heterocycles. The Morgan fingerprint density at radius 2 is 2.04 bits per heavy atom. The first-order valence-corrected chi connectivity index (χ1v) is 9.47. The molecule has 2 aromatic rings. The molecule has 138 valence electrons. The summed E-state index contributed by atoms with van der Waals surface area (Å²) in [6.07, 6.45) is 2.88. The predicted octanol–water partition coefficient (Wildman–Crippen LogP) is 3.73. The van der Waals surface area contributed by atoms with E-state index < -0.39 is 17.5 Å². The summed E-state index contributed by atoms with van der Waals surface area (Å²) < 4.78 is 26.4. The van der Waals surface area contributed by atoms with Gasteiger partial charge < -0.3 is 10.2 Å². The van der Waals surface area contributed by atoms with E-state index in [1.54, 1.807) is 11.3 Å². The molecule has 4 nitrogen and oxygen atoms in total. The van der Waals surface area contributed by atoms with Gasteiger partial charge in [0.15, 0.2) is 0 Å². The summed E-state index contributed by atoms with van der Waals surface area (Å²) in [6, 6.07) is 7.15. The number of nitrogens with one attached hydrogen (secondary N) is 1. The first-order chi connectivity index (χ1) is 12.5. The minimum atomic E-state index is -0.894. The van der Waals surface area contributed by atoms with Gasteiger partial charge in [0.25, 0.3) is 5.91 Å². The second-order valence-electron chi connectivity index (χ2n) is 6.32. The van der Waals surface area contributed by atoms with E-state index in [9.17, 15) is 18.4 Å². The van der Waals surface area contributed by atoms with Crippen LogP contribution < -0.4 is 5.32 Å². The molecular formula is C19H20F2N2O2S. The summed E-state index contributed by atoms with van der Waals surface area (Å²) in [6.45, 7) is 0.896. The van der Waals surface area contributed by atoms with E-state index in [1.807, 2.05) is 22.4 Å². The third kappa shape index (κ3) is 4.88. The molecule has 1 aromatic carbocycles. The molecule has 0 bridgehead atoms. The van der Waals surface area contributed by atoms with Crippen molar-refractivity contribution in [1.29, 1.82) is 0 Å². The van der Waals surface area contributed by atoms with Crippen molar-refractivity contribution < 1.29 is 18.4 Å². The SMILES string of the molecule is O=C(NCCCC(=O)N(Cc1cccs1)C1CC1)c1ccc(F)cc1F. The van der Waals surface area contributed by atoms with E-state index in [-0.39, 0.29) is 18.0 Å². The second kappa shape index (κ2) is 8.40. The Morgan fingerprint density at radius 1 is 1.23 bits per heavy atom. The fraction of sp³-hybridized carbons (Fsp3) is 0.368. The lowest BCUT2D eigenvalue weighted by atomic mass is 10.2. The van der Waals surface area contributed by atoms with Gasteiger partial charge in [0.1, 0.15) is 11.6 Å². The van der Waals surface area contributed by atoms with Crippen LogP contribution in [0.4, 0.5) is 8.78 Å². The van der Waals surface area contributed by atoms with Gasteiger partial charge in [-0.3, -0.25) is 9.59 Å². The summed E-state index contributed by atoms with van der Waals surface area (Å²) in [4.78, 5) is 27.5. The van der Waals surface area contributed by atoms with Gasteiger partial charge in [0.05, 0.1) is 12.1 Å². The predicted molar refractivity (Wildman–Crippen MR) is 95.8 cm³/mol. The molecule has 0 atom stereocenters. The Kier molecular flexibility index (Phi) is 5.98. The number of benzene rings is 1. The van der Waals surface area contributed by atoms with E-state index in [4.69, 9.17) is 0 Å². The standard InChI is InChI=1S/C19H20F2N2O2S/c20-13-5-8-16(17(21)11-13)19(25)22-9-1-4-18(24)23(14-6-7-14)12-15-3-2-10-26-15/h2-3,5,8,10-11,14H,1,4,6-7,9,12H2,(H,22,25). The van der Waals surface area contributed by atoms with E-state index >= 15 is 0 Å². The molecule has 0 spiro atoms. The zero-order valence-corrected chi connectivity index (χ0v) is 15.0. The molecule has 1 N–H and O–H groups in total. The van der Waals surface area contributed by atoms with E-state index in [1.165, 1.54) is 0 Å². The molecule has 0 radical (unpaired) electrons. The average molecular weight is 378 g/mol. The highest BCUT2D eigenvalue weighted by Gasteiger charge is 2.32. The van der Waals surface area contributed by atoms with Crippen LogP contribution in [0.5, 0.6) is 0 Å². The number of nitrogens with zero attached hydrogens (tertiary/aromatic N) is 1. The molecule has 2 amide bonds. The van der Waals surface area contributed by atoms with E-state index in [0.717, 1.165) is 29.9 Å². The van der Waals surface area contributed by atoms with Crippen molar-refractivity contribution in [1.82, 2.24) is 10.2 Å². The normalized spacial score (nSPS) is 13.5. The summed E-state index contributed by atoms with van der Waals surface area (Å²) in [5.74, 6) is -2.15. The van der Waals surface area contributed by atoms with Crippen molar-refractivity contribution in [3.05, 3.63) is 57.8 Å². The molecule has 1 aromatic heterocycles. The molecule has 1 aliphatic rings. The molecule has 7 heteroatoms. The summed E-state index contributed by atoms with van der Waals surface area (Å²) in [5.41, 5.74) is -0.199. The Hall–Kier alpha value is -2.28. The Balaban J connectivity index is 1.44. The van der Waals surface area contributed by atoms with Crippen molar-refractivity contribution in [2.45, 2.75) is 38.3 Å². The Labute approximate surface area is 154 Å². The van der Waals surface area contributed by atoms with E-state index in [2.05, 4.69) is 5.32 Å². The van der Waals surface area contributed by atoms with Crippen LogP contribution >= 0.6 is 11.3 Å². The second-order valence-corrected chi connectivity index (χ2v) is 7.35. The third-order valence-corrected chi connectivity index (χ3v) is 5.10. The maximum atomic E-state index is 13.6. The molecule has 0 saturated heterocycles. The largest absolute Gasteiger partial charge is 0.352 e. The van der Waals surface area contributed by atoms with Gasteiger partial charge in [-0.25, -0.2) is 8.78 Å². The lowest BCUT2D eigenvalue weighted by Gasteiger charge is -2.22. The van der Waals surface area contributed by atoms with Gasteiger partial charge in [0, 0.05) is 30.0 Å². The molecule has 1 aliphatic carbocycles. The van der Waals surface area contributed by atoms with Crippen molar-refractivity contribution in [2.75, 3.05) is 6.54 Å². The molecule has 1 fully saturated rings. The number of amides is 2. The average Bonchev–Trinajstić information content (AvgIpc) is 3.32. The van der Waals surface area contributed by atoms with Gasteiger partial charge in [-0.15, -0.1) is 11.3 Å². The Morgan fingerprint density at radius 3 is 2.69 bits per heavy atom. The number of carbonyl (C=O) groups is 2. The third-order valence-electron chi connectivity index (χ3n) is 4.24. The molecule has 0 unspecified atom stereocenters. The fourth-order valence-corrected chi connectivity index (χ4v) is 3.43. The van der Waals surface area contributed by atoms with Crippen LogP contribution in [-0.4, -0.2) is 29.3 Å². The van der Waals surface area contributed by atoms with Crippen LogP contribution in [0, 0.1) is 11.6 Å². The number of hydrogen-bond acceptors (Lipinski definition) is 3. The zero-order valence-electron chi connectivity index (χ0n) is 14.2. The van der Waals surface area contributed by atoms with Crippen LogP contribution in [0.3, 0.4) is 0 Å². The van der Waals surface area contributed by atoms with Gasteiger partial charge in [-0.1, -0.05) is 6.07 Å². The van der Waals surface area contributed by atoms with Crippen molar-refractivity contribution >= 4 is 23.2 Å².